The first-order valence-electron chi connectivity index (χ1n) is 10.1. The summed E-state index contributed by atoms with van der Waals surface area (Å²) in [6.07, 6.45) is -1.10. The van der Waals surface area contributed by atoms with Gasteiger partial charge in [-0.1, -0.05) is 48.5 Å². The number of benzodiazepines with no additional fused rings is 1. The lowest BCUT2D eigenvalue weighted by Gasteiger charge is -2.20. The van der Waals surface area contributed by atoms with Crippen molar-refractivity contribution in [1.82, 2.24) is 10.3 Å². The molecule has 7 heteroatoms. The lowest BCUT2D eigenvalue weighted by atomic mass is 10.0. The average Bonchev–Trinajstić information content (AvgIpc) is 3.21. The van der Waals surface area contributed by atoms with Crippen molar-refractivity contribution in [1.29, 1.82) is 0 Å². The molecule has 2 amide bonds. The predicted molar refractivity (Wildman–Crippen MR) is 123 cm³/mol. The van der Waals surface area contributed by atoms with Gasteiger partial charge in [0.25, 0.3) is 11.8 Å². The Morgan fingerprint density at radius 2 is 1.78 bits per heavy atom. The number of rotatable bonds is 3. The molecular formula is C25H20N4O3. The maximum Gasteiger partial charge on any atom is 0.272 e. The number of fused-ring (bicyclic) bond motifs is 2. The van der Waals surface area contributed by atoms with Crippen molar-refractivity contribution >= 4 is 34.1 Å². The normalized spacial score (nSPS) is 15.8. The van der Waals surface area contributed by atoms with Crippen LogP contribution in [0.5, 0.6) is 5.75 Å². The molecule has 0 aliphatic carbocycles. The summed E-state index contributed by atoms with van der Waals surface area (Å²) in [5.74, 6) is -0.695. The fourth-order valence-corrected chi connectivity index (χ4v) is 3.89. The van der Waals surface area contributed by atoms with Crippen LogP contribution in [-0.2, 0) is 4.79 Å². The predicted octanol–water partition coefficient (Wildman–Crippen LogP) is 3.44. The Balaban J connectivity index is 1.55. The highest BCUT2D eigenvalue weighted by Gasteiger charge is 2.31. The van der Waals surface area contributed by atoms with Gasteiger partial charge in [-0.3, -0.25) is 9.59 Å². The molecule has 0 fully saturated rings. The summed E-state index contributed by atoms with van der Waals surface area (Å²) in [6, 6.07) is 23.5. The summed E-state index contributed by atoms with van der Waals surface area (Å²) < 4.78 is 0. The highest BCUT2D eigenvalue weighted by Crippen LogP contribution is 2.27. The van der Waals surface area contributed by atoms with E-state index in [-0.39, 0.29) is 17.4 Å². The second-order valence-corrected chi connectivity index (χ2v) is 7.59. The molecule has 3 aromatic carbocycles. The van der Waals surface area contributed by atoms with Crippen molar-refractivity contribution in [2.75, 3.05) is 11.9 Å². The molecule has 32 heavy (non-hydrogen) atoms. The summed E-state index contributed by atoms with van der Waals surface area (Å²) in [5, 5.41) is 13.1. The molecular weight excluding hydrogens is 404 g/mol. The number of hydrogen-bond acceptors (Lipinski definition) is 4. The molecule has 0 spiro atoms. The van der Waals surface area contributed by atoms with Gasteiger partial charge in [-0.15, -0.1) is 0 Å². The minimum absolute atomic E-state index is 0.110. The molecule has 1 unspecified atom stereocenters. The van der Waals surface area contributed by atoms with Gasteiger partial charge in [-0.25, -0.2) is 4.99 Å². The van der Waals surface area contributed by atoms with Gasteiger partial charge >= 0.3 is 0 Å². The third kappa shape index (κ3) is 3.39. The number of para-hydroxylation sites is 1. The van der Waals surface area contributed by atoms with Crippen molar-refractivity contribution in [2.24, 2.45) is 4.99 Å². The Morgan fingerprint density at radius 3 is 2.59 bits per heavy atom. The highest BCUT2D eigenvalue weighted by atomic mass is 16.3. The van der Waals surface area contributed by atoms with Gasteiger partial charge < -0.3 is 20.3 Å². The first-order chi connectivity index (χ1) is 15.5. The van der Waals surface area contributed by atoms with Gasteiger partial charge in [0.2, 0.25) is 6.17 Å². The van der Waals surface area contributed by atoms with Crippen molar-refractivity contribution < 1.29 is 14.7 Å². The van der Waals surface area contributed by atoms with E-state index < -0.39 is 12.1 Å². The highest BCUT2D eigenvalue weighted by molar-refractivity contribution is 6.20. The van der Waals surface area contributed by atoms with Gasteiger partial charge in [-0.05, 0) is 30.3 Å². The molecule has 4 aromatic rings. The largest absolute Gasteiger partial charge is 0.508 e. The first-order valence-corrected chi connectivity index (χ1v) is 10.1. The van der Waals surface area contributed by atoms with E-state index in [0.717, 1.165) is 16.8 Å². The Morgan fingerprint density at radius 1 is 1.03 bits per heavy atom. The van der Waals surface area contributed by atoms with Crippen LogP contribution in [0.3, 0.4) is 0 Å². The number of carbonyl (C=O) groups excluding carboxylic acids is 2. The summed E-state index contributed by atoms with van der Waals surface area (Å²) in [4.78, 5) is 35.5. The second kappa shape index (κ2) is 7.70. The number of carbonyl (C=O) groups is 2. The van der Waals surface area contributed by atoms with E-state index in [9.17, 15) is 14.7 Å². The molecule has 5 rings (SSSR count). The number of phenols is 1. The second-order valence-electron chi connectivity index (χ2n) is 7.59. The number of nitrogens with one attached hydrogen (secondary N) is 2. The standard InChI is InChI=1S/C25H20N4O3/c1-29-21-10-6-5-9-18(21)22(15-7-3-2-4-8-15)27-23(25(29)32)28-24(31)20-14-16-13-17(30)11-12-19(16)26-20/h2-14,23,26,30H,1H3,(H,28,31). The molecule has 0 saturated heterocycles. The monoisotopic (exact) mass is 424 g/mol. The molecule has 158 valence electrons. The third-order valence-electron chi connectivity index (χ3n) is 5.51. The minimum Gasteiger partial charge on any atom is -0.508 e. The molecule has 0 radical (unpaired) electrons. The number of phenolic OH excluding ortho intramolecular Hbond substituents is 1. The van der Waals surface area contributed by atoms with Crippen LogP contribution in [-0.4, -0.2) is 40.8 Å². The Kier molecular flexibility index (Phi) is 4.71. The number of likely N-dealkylation sites (N-methyl/N-ethyl adjacent to an activating group) is 1. The number of aromatic nitrogens is 1. The van der Waals surface area contributed by atoms with Crippen molar-refractivity contribution in [3.05, 3.63) is 95.7 Å². The number of benzene rings is 3. The topological polar surface area (TPSA) is 97.8 Å². The van der Waals surface area contributed by atoms with Crippen LogP contribution < -0.4 is 10.2 Å². The van der Waals surface area contributed by atoms with E-state index in [4.69, 9.17) is 4.99 Å². The molecule has 1 aliphatic rings. The number of nitrogens with zero attached hydrogens (tertiary/aromatic N) is 2. The molecule has 0 saturated carbocycles. The number of aliphatic imine (C=N–C) groups is 1. The van der Waals surface area contributed by atoms with E-state index in [2.05, 4.69) is 10.3 Å². The third-order valence-corrected chi connectivity index (χ3v) is 5.51. The first kappa shape index (κ1) is 19.6. The van der Waals surface area contributed by atoms with Gasteiger partial charge in [0.1, 0.15) is 11.4 Å². The number of amides is 2. The van der Waals surface area contributed by atoms with Gasteiger partial charge in [0, 0.05) is 29.1 Å². The molecule has 2 heterocycles. The Bertz CT molecular complexity index is 1370. The number of H-pyrrole nitrogens is 1. The number of hydrogen-bond donors (Lipinski definition) is 3. The summed E-state index contributed by atoms with van der Waals surface area (Å²) in [5.41, 5.74) is 4.00. The van der Waals surface area contributed by atoms with Crippen LogP contribution in [0.4, 0.5) is 5.69 Å². The molecule has 1 atom stereocenters. The van der Waals surface area contributed by atoms with Crippen LogP contribution in [0.15, 0.2) is 83.9 Å². The lowest BCUT2D eigenvalue weighted by Crippen LogP contribution is -2.46. The van der Waals surface area contributed by atoms with Gasteiger partial charge in [-0.2, -0.15) is 0 Å². The van der Waals surface area contributed by atoms with Crippen molar-refractivity contribution in [3.8, 4) is 5.75 Å². The van der Waals surface area contributed by atoms with Crippen LogP contribution >= 0.6 is 0 Å². The summed E-state index contributed by atoms with van der Waals surface area (Å²) in [6.45, 7) is 0. The number of anilines is 1. The van der Waals surface area contributed by atoms with E-state index in [1.54, 1.807) is 25.2 Å². The SMILES string of the molecule is CN1C(=O)C(NC(=O)c2cc3cc(O)ccc3[nH]2)N=C(c2ccccc2)c2ccccc21. The fourth-order valence-electron chi connectivity index (χ4n) is 3.89. The van der Waals surface area contributed by atoms with E-state index in [1.807, 2.05) is 54.6 Å². The quantitative estimate of drug-likeness (QED) is 0.470. The van der Waals surface area contributed by atoms with Crippen LogP contribution in [0, 0.1) is 0 Å². The molecule has 1 aromatic heterocycles. The fraction of sp³-hybridized carbons (Fsp3) is 0.0800. The maximum atomic E-state index is 13.2. The minimum atomic E-state index is -1.10. The van der Waals surface area contributed by atoms with Crippen LogP contribution in [0.1, 0.15) is 21.6 Å². The van der Waals surface area contributed by atoms with Crippen molar-refractivity contribution in [2.45, 2.75) is 6.17 Å². The molecule has 3 N–H and O–H groups in total. The average molecular weight is 424 g/mol. The van der Waals surface area contributed by atoms with Gasteiger partial charge in [0.15, 0.2) is 0 Å². The summed E-state index contributed by atoms with van der Waals surface area (Å²) in [7, 11) is 1.68. The molecule has 7 nitrogen and oxygen atoms in total. The Hall–Kier alpha value is -4.39. The van der Waals surface area contributed by atoms with Gasteiger partial charge in [0.05, 0.1) is 11.4 Å². The van der Waals surface area contributed by atoms with Crippen molar-refractivity contribution in [3.63, 3.8) is 0 Å². The van der Waals surface area contributed by atoms with E-state index >= 15 is 0 Å². The number of aromatic hydroxyl groups is 1. The zero-order valence-electron chi connectivity index (χ0n) is 17.2. The lowest BCUT2D eigenvalue weighted by molar-refractivity contribution is -0.119. The van der Waals surface area contributed by atoms with Crippen LogP contribution in [0.2, 0.25) is 0 Å². The zero-order valence-corrected chi connectivity index (χ0v) is 17.2. The molecule has 1 aliphatic heterocycles. The zero-order chi connectivity index (χ0) is 22.2. The van der Waals surface area contributed by atoms with Crippen LogP contribution in [0.25, 0.3) is 10.9 Å². The number of aromatic amines is 1. The smallest absolute Gasteiger partial charge is 0.272 e. The molecule has 0 bridgehead atoms. The maximum absolute atomic E-state index is 13.2. The van der Waals surface area contributed by atoms with E-state index in [1.165, 1.54) is 11.0 Å². The van der Waals surface area contributed by atoms with E-state index in [0.29, 0.717) is 16.6 Å². The Labute approximate surface area is 184 Å². The summed E-state index contributed by atoms with van der Waals surface area (Å²) >= 11 is 0.